The third-order valence-corrected chi connectivity index (χ3v) is 5.55. The van der Waals surface area contributed by atoms with Gasteiger partial charge >= 0.3 is 11.9 Å². The lowest BCUT2D eigenvalue weighted by Gasteiger charge is -2.25. The summed E-state index contributed by atoms with van der Waals surface area (Å²) < 4.78 is 0. The van der Waals surface area contributed by atoms with Crippen molar-refractivity contribution >= 4 is 41.4 Å². The largest absolute Gasteiger partial charge is 0.481 e. The van der Waals surface area contributed by atoms with Crippen LogP contribution in [0.1, 0.15) is 45.4 Å². The average Bonchev–Trinajstić information content (AvgIpc) is 2.77. The normalized spacial score (nSPS) is 15.3. The summed E-state index contributed by atoms with van der Waals surface area (Å²) >= 11 is 1.39. The number of carboxylic acid groups (broad SMARTS) is 2. The van der Waals surface area contributed by atoms with Crippen molar-refractivity contribution in [1.29, 1.82) is 0 Å². The van der Waals surface area contributed by atoms with Crippen LogP contribution in [-0.4, -0.2) is 93.8 Å². The molecule has 0 aromatic carbocycles. The fourth-order valence-corrected chi connectivity index (χ4v) is 3.29. The Bertz CT molecular complexity index is 694. The number of unbranched alkanes of at least 4 members (excludes halogenated alkanes) is 1. The molecule has 0 aliphatic carbocycles. The number of aliphatic hydroxyl groups excluding tert-OH is 1. The molecule has 5 unspecified atom stereocenters. The van der Waals surface area contributed by atoms with E-state index in [4.69, 9.17) is 16.6 Å². The third kappa shape index (κ3) is 12.7. The summed E-state index contributed by atoms with van der Waals surface area (Å²) in [5.41, 5.74) is 11.1. The molecule has 13 nitrogen and oxygen atoms in total. The molecule has 5 atom stereocenters. The van der Waals surface area contributed by atoms with Crippen molar-refractivity contribution in [3.63, 3.8) is 0 Å². The van der Waals surface area contributed by atoms with Crippen molar-refractivity contribution < 1.29 is 39.3 Å². The van der Waals surface area contributed by atoms with Crippen LogP contribution >= 0.6 is 11.8 Å². The molecule has 0 aliphatic heterocycles. The zero-order valence-corrected chi connectivity index (χ0v) is 20.3. The van der Waals surface area contributed by atoms with Crippen molar-refractivity contribution in [1.82, 2.24) is 16.0 Å². The van der Waals surface area contributed by atoms with Gasteiger partial charge in [-0.2, -0.15) is 11.8 Å². The van der Waals surface area contributed by atoms with Crippen LogP contribution in [0.5, 0.6) is 0 Å². The minimum atomic E-state index is -1.35. The smallest absolute Gasteiger partial charge is 0.326 e. The monoisotopic (exact) mass is 507 g/mol. The minimum absolute atomic E-state index is 0.136. The summed E-state index contributed by atoms with van der Waals surface area (Å²) in [6, 6.07) is -4.98. The van der Waals surface area contributed by atoms with Crippen LogP contribution in [0.15, 0.2) is 0 Å². The van der Waals surface area contributed by atoms with Crippen molar-refractivity contribution in [2.45, 2.75) is 75.7 Å². The molecule has 0 rings (SSSR count). The lowest BCUT2D eigenvalue weighted by atomic mass is 10.0. The number of nitrogens with two attached hydrogens (primary N) is 2. The second kappa shape index (κ2) is 17.1. The van der Waals surface area contributed by atoms with E-state index in [-0.39, 0.29) is 19.3 Å². The van der Waals surface area contributed by atoms with Gasteiger partial charge in [0.15, 0.2) is 0 Å². The predicted molar refractivity (Wildman–Crippen MR) is 126 cm³/mol. The molecule has 34 heavy (non-hydrogen) atoms. The Labute approximate surface area is 202 Å². The Kier molecular flexibility index (Phi) is 15.9. The van der Waals surface area contributed by atoms with E-state index < -0.39 is 66.4 Å². The molecular formula is C20H37N5O8S. The van der Waals surface area contributed by atoms with Gasteiger partial charge in [0, 0.05) is 6.42 Å². The third-order valence-electron chi connectivity index (χ3n) is 4.91. The Hall–Kier alpha value is -2.42. The topological polar surface area (TPSA) is 234 Å². The predicted octanol–water partition coefficient (Wildman–Crippen LogP) is -2.02. The summed E-state index contributed by atoms with van der Waals surface area (Å²) in [5, 5.41) is 35.0. The molecule has 10 N–H and O–H groups in total. The number of aliphatic hydroxyl groups is 1. The zero-order valence-electron chi connectivity index (χ0n) is 19.5. The number of rotatable bonds is 18. The van der Waals surface area contributed by atoms with Gasteiger partial charge in [0.2, 0.25) is 17.7 Å². The first-order chi connectivity index (χ1) is 15.9. The second-order valence-corrected chi connectivity index (χ2v) is 8.77. The van der Waals surface area contributed by atoms with Crippen molar-refractivity contribution in [2.75, 3.05) is 18.6 Å². The molecule has 14 heteroatoms. The summed E-state index contributed by atoms with van der Waals surface area (Å²) in [5.74, 6) is -4.41. The van der Waals surface area contributed by atoms with Crippen molar-refractivity contribution in [3.05, 3.63) is 0 Å². The number of carbonyl (C=O) groups excluding carboxylic acids is 3. The quantitative estimate of drug-likeness (QED) is 0.0943. The number of carboxylic acids is 2. The van der Waals surface area contributed by atoms with Crippen LogP contribution in [0.2, 0.25) is 0 Å². The highest BCUT2D eigenvalue weighted by Gasteiger charge is 2.31. The van der Waals surface area contributed by atoms with Gasteiger partial charge in [0.1, 0.15) is 24.2 Å². The molecule has 3 amide bonds. The van der Waals surface area contributed by atoms with Crippen LogP contribution in [0.4, 0.5) is 0 Å². The van der Waals surface area contributed by atoms with Crippen molar-refractivity contribution in [2.24, 2.45) is 11.5 Å². The lowest BCUT2D eigenvalue weighted by Crippen LogP contribution is -2.58. The molecule has 0 fully saturated rings. The van der Waals surface area contributed by atoms with E-state index in [1.165, 1.54) is 18.7 Å². The molecule has 0 radical (unpaired) electrons. The Morgan fingerprint density at radius 2 is 1.38 bits per heavy atom. The van der Waals surface area contributed by atoms with Crippen molar-refractivity contribution in [3.8, 4) is 0 Å². The van der Waals surface area contributed by atoms with Crippen LogP contribution in [0.25, 0.3) is 0 Å². The number of aliphatic carboxylic acids is 2. The lowest BCUT2D eigenvalue weighted by molar-refractivity contribution is -0.143. The molecule has 0 spiro atoms. The first-order valence-corrected chi connectivity index (χ1v) is 12.3. The maximum Gasteiger partial charge on any atom is 0.326 e. The highest BCUT2D eigenvalue weighted by atomic mass is 32.2. The number of carbonyl (C=O) groups is 5. The molecule has 0 heterocycles. The van der Waals surface area contributed by atoms with E-state index in [0.717, 1.165) is 0 Å². The van der Waals surface area contributed by atoms with Gasteiger partial charge in [-0.3, -0.25) is 19.2 Å². The van der Waals surface area contributed by atoms with Gasteiger partial charge in [-0.1, -0.05) is 0 Å². The van der Waals surface area contributed by atoms with Crippen LogP contribution in [-0.2, 0) is 24.0 Å². The molecule has 0 aromatic rings. The average molecular weight is 508 g/mol. The molecule has 0 aromatic heterocycles. The molecule has 0 bridgehead atoms. The summed E-state index contributed by atoms with van der Waals surface area (Å²) in [6.45, 7) is 1.67. The van der Waals surface area contributed by atoms with Crippen LogP contribution < -0.4 is 27.4 Å². The number of thioether (sulfide) groups is 1. The SMILES string of the molecule is CSCCC(NC(=O)C(CCC(=O)O)NC(=O)C(CCCCN)NC(=O)C(N)C(C)O)C(=O)O. The highest BCUT2D eigenvalue weighted by molar-refractivity contribution is 7.98. The number of nitrogens with one attached hydrogen (secondary N) is 3. The Morgan fingerprint density at radius 3 is 1.85 bits per heavy atom. The second-order valence-electron chi connectivity index (χ2n) is 7.79. The fourth-order valence-electron chi connectivity index (χ4n) is 2.82. The molecular weight excluding hydrogens is 470 g/mol. The Balaban J connectivity index is 5.54. The molecule has 0 saturated heterocycles. The summed E-state index contributed by atoms with van der Waals surface area (Å²) in [7, 11) is 0. The minimum Gasteiger partial charge on any atom is -0.481 e. The van der Waals surface area contributed by atoms with E-state index in [0.29, 0.717) is 25.1 Å². The van der Waals surface area contributed by atoms with Crippen LogP contribution in [0, 0.1) is 0 Å². The highest BCUT2D eigenvalue weighted by Crippen LogP contribution is 2.07. The zero-order chi connectivity index (χ0) is 26.3. The Morgan fingerprint density at radius 1 is 0.853 bits per heavy atom. The number of hydrogen-bond donors (Lipinski definition) is 8. The maximum absolute atomic E-state index is 12.9. The van der Waals surface area contributed by atoms with E-state index in [9.17, 15) is 34.2 Å². The summed E-state index contributed by atoms with van der Waals surface area (Å²) in [6.07, 6.45) is 1.16. The van der Waals surface area contributed by atoms with Gasteiger partial charge in [-0.05, 0) is 57.6 Å². The summed E-state index contributed by atoms with van der Waals surface area (Å²) in [4.78, 5) is 60.4. The van der Waals surface area contributed by atoms with Gasteiger partial charge in [0.25, 0.3) is 0 Å². The number of amides is 3. The molecule has 0 aliphatic rings. The van der Waals surface area contributed by atoms with E-state index in [1.54, 1.807) is 6.26 Å². The first-order valence-electron chi connectivity index (χ1n) is 10.9. The van der Waals surface area contributed by atoms with E-state index >= 15 is 0 Å². The maximum atomic E-state index is 12.9. The number of hydrogen-bond acceptors (Lipinski definition) is 9. The first kappa shape index (κ1) is 31.6. The standard InChI is InChI=1S/C20H37N5O8S/c1-11(26)16(22)19(31)24-12(5-3-4-9-21)17(29)23-13(6-7-15(27)28)18(30)25-14(20(32)33)8-10-34-2/h11-14,16,26H,3-10,21-22H2,1-2H3,(H,23,29)(H,24,31)(H,25,30)(H,27,28)(H,32,33). The van der Waals surface area contributed by atoms with Gasteiger partial charge < -0.3 is 42.7 Å². The van der Waals surface area contributed by atoms with E-state index in [1.807, 2.05) is 0 Å². The van der Waals surface area contributed by atoms with Gasteiger partial charge in [0.05, 0.1) is 6.10 Å². The fraction of sp³-hybridized carbons (Fsp3) is 0.750. The van der Waals surface area contributed by atoms with Crippen LogP contribution in [0.3, 0.4) is 0 Å². The van der Waals surface area contributed by atoms with E-state index in [2.05, 4.69) is 16.0 Å². The molecule has 0 saturated carbocycles. The molecule has 196 valence electrons. The van der Waals surface area contributed by atoms with Gasteiger partial charge in [-0.25, -0.2) is 4.79 Å². The van der Waals surface area contributed by atoms with Gasteiger partial charge in [-0.15, -0.1) is 0 Å².